The van der Waals surface area contributed by atoms with Gasteiger partial charge in [-0.3, -0.25) is 9.00 Å². The van der Waals surface area contributed by atoms with E-state index in [9.17, 15) is 9.00 Å². The minimum atomic E-state index is -1.11. The van der Waals surface area contributed by atoms with Gasteiger partial charge in [-0.05, 0) is 36.1 Å². The van der Waals surface area contributed by atoms with Crippen molar-refractivity contribution in [2.45, 2.75) is 30.6 Å². The zero-order chi connectivity index (χ0) is 20.4. The largest absolute Gasteiger partial charge is 0.481 e. The van der Waals surface area contributed by atoms with Crippen molar-refractivity contribution in [3.8, 4) is 11.4 Å². The molecule has 29 heavy (non-hydrogen) atoms. The summed E-state index contributed by atoms with van der Waals surface area (Å²) in [7, 11) is -1.11. The molecule has 1 unspecified atom stereocenters. The first-order chi connectivity index (χ1) is 14.0. The first kappa shape index (κ1) is 19.7. The molecule has 0 aliphatic carbocycles. The third-order valence-corrected chi connectivity index (χ3v) is 6.63. The van der Waals surface area contributed by atoms with Gasteiger partial charge >= 0.3 is 5.97 Å². The molecule has 0 radical (unpaired) electrons. The summed E-state index contributed by atoms with van der Waals surface area (Å²) < 4.78 is 12.7. The van der Waals surface area contributed by atoms with Gasteiger partial charge in [0.2, 0.25) is 0 Å². The van der Waals surface area contributed by atoms with E-state index in [1.165, 1.54) is 0 Å². The second kappa shape index (κ2) is 8.43. The first-order valence-corrected chi connectivity index (χ1v) is 11.0. The number of hydrogen-bond donors (Lipinski definition) is 1. The summed E-state index contributed by atoms with van der Waals surface area (Å²) in [5.74, 6) is 0.351. The Labute approximate surface area is 176 Å². The van der Waals surface area contributed by atoms with Crippen molar-refractivity contribution in [3.63, 3.8) is 0 Å². The van der Waals surface area contributed by atoms with Gasteiger partial charge in [0, 0.05) is 22.8 Å². The quantitative estimate of drug-likeness (QED) is 0.665. The number of aliphatic carboxylic acids is 1. The Morgan fingerprint density at radius 2 is 1.86 bits per heavy atom. The Morgan fingerprint density at radius 3 is 2.59 bits per heavy atom. The van der Waals surface area contributed by atoms with E-state index in [0.717, 1.165) is 45.8 Å². The maximum Gasteiger partial charge on any atom is 0.307 e. The maximum atomic E-state index is 12.7. The molecule has 0 saturated heterocycles. The molecule has 3 aromatic rings. The standard InChI is InChI=1S/C22H19ClN2O3S/c23-17-4-1-3-16(13-17)22-24-18-5-2-10-29(28)21(18)19(25-22)11-14-6-8-15(9-7-14)12-20(26)27/h1,3-4,6-9,13H,2,5,10-12H2,(H,26,27). The van der Waals surface area contributed by atoms with E-state index in [0.29, 0.717) is 23.0 Å². The second-order valence-electron chi connectivity index (χ2n) is 7.00. The average Bonchev–Trinajstić information content (AvgIpc) is 2.69. The van der Waals surface area contributed by atoms with Gasteiger partial charge in [-0.1, -0.05) is 48.0 Å². The molecule has 1 aliphatic rings. The Balaban J connectivity index is 1.74. The molecular weight excluding hydrogens is 408 g/mol. The molecule has 0 spiro atoms. The number of carbonyl (C=O) groups is 1. The number of hydrogen-bond acceptors (Lipinski definition) is 4. The summed E-state index contributed by atoms with van der Waals surface area (Å²) in [6.45, 7) is 0. The van der Waals surface area contributed by atoms with Crippen molar-refractivity contribution in [2.75, 3.05) is 5.75 Å². The van der Waals surface area contributed by atoms with Crippen LogP contribution in [0.4, 0.5) is 0 Å². The smallest absolute Gasteiger partial charge is 0.307 e. The highest BCUT2D eigenvalue weighted by molar-refractivity contribution is 7.85. The molecule has 0 amide bonds. The molecule has 0 bridgehead atoms. The Morgan fingerprint density at radius 1 is 1.10 bits per heavy atom. The van der Waals surface area contributed by atoms with Crippen LogP contribution in [0.25, 0.3) is 11.4 Å². The van der Waals surface area contributed by atoms with Crippen LogP contribution in [0, 0.1) is 0 Å². The lowest BCUT2D eigenvalue weighted by Gasteiger charge is -2.19. The van der Waals surface area contributed by atoms with Gasteiger partial charge in [0.15, 0.2) is 5.82 Å². The highest BCUT2D eigenvalue weighted by Crippen LogP contribution is 2.29. The van der Waals surface area contributed by atoms with Gasteiger partial charge in [0.25, 0.3) is 0 Å². The monoisotopic (exact) mass is 426 g/mol. The Bertz CT molecular complexity index is 1100. The van der Waals surface area contributed by atoms with E-state index in [-0.39, 0.29) is 6.42 Å². The SMILES string of the molecule is O=C(O)Cc1ccc(Cc2nc(-c3cccc(Cl)c3)nc3c2S(=O)CCC3)cc1. The third-order valence-electron chi connectivity index (χ3n) is 4.81. The zero-order valence-corrected chi connectivity index (χ0v) is 17.2. The molecule has 0 saturated carbocycles. The molecule has 2 heterocycles. The summed E-state index contributed by atoms with van der Waals surface area (Å²) in [6, 6.07) is 14.8. The van der Waals surface area contributed by atoms with E-state index in [1.54, 1.807) is 6.07 Å². The molecule has 1 aliphatic heterocycles. The van der Waals surface area contributed by atoms with Crippen molar-refractivity contribution in [1.29, 1.82) is 0 Å². The minimum Gasteiger partial charge on any atom is -0.481 e. The van der Waals surface area contributed by atoms with Crippen molar-refractivity contribution in [3.05, 3.63) is 76.1 Å². The Kier molecular flexibility index (Phi) is 5.74. The summed E-state index contributed by atoms with van der Waals surface area (Å²) >= 11 is 6.14. The van der Waals surface area contributed by atoms with Crippen LogP contribution in [-0.2, 0) is 34.9 Å². The molecule has 1 N–H and O–H groups in total. The van der Waals surface area contributed by atoms with E-state index >= 15 is 0 Å². The van der Waals surface area contributed by atoms with Crippen LogP contribution in [0.5, 0.6) is 0 Å². The molecular formula is C22H19ClN2O3S. The van der Waals surface area contributed by atoms with Crippen LogP contribution in [-0.4, -0.2) is 31.0 Å². The lowest BCUT2D eigenvalue weighted by atomic mass is 10.0. The van der Waals surface area contributed by atoms with Crippen molar-refractivity contribution >= 4 is 28.4 Å². The number of halogens is 1. The highest BCUT2D eigenvalue weighted by Gasteiger charge is 2.24. The lowest BCUT2D eigenvalue weighted by molar-refractivity contribution is -0.136. The normalized spacial score (nSPS) is 15.7. The van der Waals surface area contributed by atoms with E-state index < -0.39 is 16.8 Å². The van der Waals surface area contributed by atoms with Gasteiger partial charge in [-0.2, -0.15) is 0 Å². The van der Waals surface area contributed by atoms with E-state index in [2.05, 4.69) is 0 Å². The number of fused-ring (bicyclic) bond motifs is 1. The number of aryl methyl sites for hydroxylation is 1. The average molecular weight is 427 g/mol. The van der Waals surface area contributed by atoms with Crippen LogP contribution in [0.1, 0.15) is 28.9 Å². The van der Waals surface area contributed by atoms with Crippen molar-refractivity contribution in [2.24, 2.45) is 0 Å². The summed E-state index contributed by atoms with van der Waals surface area (Å²) in [4.78, 5) is 21.1. The van der Waals surface area contributed by atoms with Crippen molar-refractivity contribution in [1.82, 2.24) is 9.97 Å². The lowest BCUT2D eigenvalue weighted by Crippen LogP contribution is -2.17. The maximum absolute atomic E-state index is 12.7. The second-order valence-corrected chi connectivity index (χ2v) is 8.94. The molecule has 1 aromatic heterocycles. The number of nitrogens with zero attached hydrogens (tertiary/aromatic N) is 2. The van der Waals surface area contributed by atoms with Crippen LogP contribution in [0.15, 0.2) is 53.4 Å². The Hall–Kier alpha value is -2.57. The predicted molar refractivity (Wildman–Crippen MR) is 113 cm³/mol. The van der Waals surface area contributed by atoms with Crippen LogP contribution >= 0.6 is 11.6 Å². The summed E-state index contributed by atoms with van der Waals surface area (Å²) in [5, 5.41) is 9.54. The number of benzene rings is 2. The molecule has 5 nitrogen and oxygen atoms in total. The minimum absolute atomic E-state index is 0.00782. The van der Waals surface area contributed by atoms with Crippen molar-refractivity contribution < 1.29 is 14.1 Å². The van der Waals surface area contributed by atoms with Gasteiger partial charge in [0.05, 0.1) is 33.5 Å². The fraction of sp³-hybridized carbons (Fsp3) is 0.227. The van der Waals surface area contributed by atoms with Gasteiger partial charge < -0.3 is 5.11 Å². The summed E-state index contributed by atoms with van der Waals surface area (Å²) in [5.41, 5.74) is 4.16. The fourth-order valence-corrected chi connectivity index (χ4v) is 5.07. The number of carboxylic acid groups (broad SMARTS) is 1. The third kappa shape index (κ3) is 4.54. The summed E-state index contributed by atoms with van der Waals surface area (Å²) in [6.07, 6.45) is 2.13. The first-order valence-electron chi connectivity index (χ1n) is 9.33. The highest BCUT2D eigenvalue weighted by atomic mass is 35.5. The molecule has 148 valence electrons. The fourth-order valence-electron chi connectivity index (χ4n) is 3.47. The van der Waals surface area contributed by atoms with Crippen LogP contribution < -0.4 is 0 Å². The molecule has 0 fully saturated rings. The van der Waals surface area contributed by atoms with Crippen LogP contribution in [0.2, 0.25) is 5.02 Å². The molecule has 1 atom stereocenters. The van der Waals surface area contributed by atoms with E-state index in [1.807, 2.05) is 42.5 Å². The zero-order valence-electron chi connectivity index (χ0n) is 15.6. The number of aromatic nitrogens is 2. The number of carboxylic acids is 1. The van der Waals surface area contributed by atoms with Crippen LogP contribution in [0.3, 0.4) is 0 Å². The van der Waals surface area contributed by atoms with E-state index in [4.69, 9.17) is 26.7 Å². The molecule has 2 aromatic carbocycles. The van der Waals surface area contributed by atoms with Gasteiger partial charge in [-0.15, -0.1) is 0 Å². The topological polar surface area (TPSA) is 80.2 Å². The van der Waals surface area contributed by atoms with Gasteiger partial charge in [0.1, 0.15) is 0 Å². The molecule has 4 rings (SSSR count). The predicted octanol–water partition coefficient (Wildman–Crippen LogP) is 4.07. The number of rotatable bonds is 5. The van der Waals surface area contributed by atoms with Gasteiger partial charge in [-0.25, -0.2) is 9.97 Å². The molecule has 7 heteroatoms.